The van der Waals surface area contributed by atoms with Gasteiger partial charge in [0.2, 0.25) is 0 Å². The van der Waals surface area contributed by atoms with Crippen LogP contribution in [-0.2, 0) is 11.8 Å². The van der Waals surface area contributed by atoms with Crippen molar-refractivity contribution in [1.82, 2.24) is 9.88 Å². The number of nitrogens with zero attached hydrogens (tertiary/aromatic N) is 1. The van der Waals surface area contributed by atoms with Gasteiger partial charge in [0, 0.05) is 35.9 Å². The van der Waals surface area contributed by atoms with Crippen LogP contribution in [0.1, 0.15) is 12.5 Å². The molecular formula is C13H13FN2O. The molecule has 0 saturated carbocycles. The minimum Gasteiger partial charge on any atom is -0.469 e. The summed E-state index contributed by atoms with van der Waals surface area (Å²) in [5.74, 6) is 0.526. The van der Waals surface area contributed by atoms with Gasteiger partial charge in [0.1, 0.15) is 11.6 Å². The Hall–Kier alpha value is -1.97. The molecule has 4 heteroatoms. The first-order valence-corrected chi connectivity index (χ1v) is 5.53. The number of nitrogens with one attached hydrogen (secondary N) is 1. The third-order valence-electron chi connectivity index (χ3n) is 2.97. The first-order chi connectivity index (χ1) is 8.15. The van der Waals surface area contributed by atoms with Crippen molar-refractivity contribution in [3.8, 4) is 0 Å². The molecular weight excluding hydrogens is 219 g/mol. The Labute approximate surface area is 98.5 Å². The molecule has 2 aromatic rings. The summed E-state index contributed by atoms with van der Waals surface area (Å²) in [6, 6.07) is 4.79. The maximum Gasteiger partial charge on any atom is 0.166 e. The van der Waals surface area contributed by atoms with Gasteiger partial charge in [-0.15, -0.1) is 0 Å². The van der Waals surface area contributed by atoms with Crippen LogP contribution in [0.15, 0.2) is 30.6 Å². The minimum absolute atomic E-state index is 0.0335. The zero-order valence-electron chi connectivity index (χ0n) is 9.70. The summed E-state index contributed by atoms with van der Waals surface area (Å²) in [6.07, 6.45) is 3.74. The van der Waals surface area contributed by atoms with E-state index in [-0.39, 0.29) is 12.0 Å². The Balaban J connectivity index is 2.20. The topological polar surface area (TPSA) is 26.2 Å². The summed E-state index contributed by atoms with van der Waals surface area (Å²) >= 11 is 0. The molecule has 0 radical (unpaired) electrons. The molecule has 1 aliphatic heterocycles. The van der Waals surface area contributed by atoms with Crippen molar-refractivity contribution in [2.45, 2.75) is 13.2 Å². The lowest BCUT2D eigenvalue weighted by Crippen LogP contribution is -2.15. The number of benzene rings is 1. The Bertz CT molecular complexity index is 615. The maximum atomic E-state index is 13.3. The lowest BCUT2D eigenvalue weighted by molar-refractivity contribution is 0.191. The second kappa shape index (κ2) is 3.52. The molecule has 0 spiro atoms. The van der Waals surface area contributed by atoms with Crippen LogP contribution in [0.4, 0.5) is 4.39 Å². The molecule has 1 aromatic carbocycles. The molecule has 2 heterocycles. The van der Waals surface area contributed by atoms with Crippen LogP contribution in [0.2, 0.25) is 0 Å². The highest BCUT2D eigenvalue weighted by Crippen LogP contribution is 2.30. The third kappa shape index (κ3) is 1.56. The monoisotopic (exact) mass is 232 g/mol. The number of fused-ring (bicyclic) bond motifs is 1. The van der Waals surface area contributed by atoms with E-state index in [1.807, 2.05) is 30.9 Å². The molecule has 17 heavy (non-hydrogen) atoms. The van der Waals surface area contributed by atoms with E-state index in [2.05, 4.69) is 5.32 Å². The SMILES string of the molecule is CC1NC=C(c2cn(C)c3ccc(F)cc23)O1. The quantitative estimate of drug-likeness (QED) is 0.817. The highest BCUT2D eigenvalue weighted by Gasteiger charge is 2.18. The Morgan fingerprint density at radius 3 is 2.94 bits per heavy atom. The predicted octanol–water partition coefficient (Wildman–Crippen LogP) is 2.58. The molecule has 0 saturated heterocycles. The van der Waals surface area contributed by atoms with Crippen LogP contribution < -0.4 is 5.32 Å². The summed E-state index contributed by atoms with van der Waals surface area (Å²) in [5, 5.41) is 3.94. The van der Waals surface area contributed by atoms with E-state index in [9.17, 15) is 4.39 Å². The van der Waals surface area contributed by atoms with E-state index in [4.69, 9.17) is 4.74 Å². The van der Waals surface area contributed by atoms with E-state index in [1.54, 1.807) is 6.07 Å². The maximum absolute atomic E-state index is 13.3. The summed E-state index contributed by atoms with van der Waals surface area (Å²) in [4.78, 5) is 0. The molecule has 88 valence electrons. The van der Waals surface area contributed by atoms with Crippen molar-refractivity contribution in [2.24, 2.45) is 7.05 Å². The number of hydrogen-bond acceptors (Lipinski definition) is 2. The van der Waals surface area contributed by atoms with E-state index >= 15 is 0 Å². The van der Waals surface area contributed by atoms with E-state index in [0.29, 0.717) is 0 Å². The van der Waals surface area contributed by atoms with Crippen molar-refractivity contribution in [1.29, 1.82) is 0 Å². The summed E-state index contributed by atoms with van der Waals surface area (Å²) in [5.41, 5.74) is 1.91. The van der Waals surface area contributed by atoms with Crippen molar-refractivity contribution in [3.63, 3.8) is 0 Å². The number of ether oxygens (including phenoxy) is 1. The van der Waals surface area contributed by atoms with Crippen LogP contribution in [0.5, 0.6) is 0 Å². The van der Waals surface area contributed by atoms with Gasteiger partial charge in [0.05, 0.1) is 0 Å². The zero-order chi connectivity index (χ0) is 12.0. The van der Waals surface area contributed by atoms with E-state index in [1.165, 1.54) is 12.1 Å². The summed E-state index contributed by atoms with van der Waals surface area (Å²) in [7, 11) is 1.94. The first kappa shape index (κ1) is 10.2. The van der Waals surface area contributed by atoms with Gasteiger partial charge in [-0.2, -0.15) is 0 Å². The van der Waals surface area contributed by atoms with E-state index < -0.39 is 0 Å². The molecule has 0 aliphatic carbocycles. The number of hydrogen-bond donors (Lipinski definition) is 1. The van der Waals surface area contributed by atoms with Crippen molar-refractivity contribution in [2.75, 3.05) is 0 Å². The third-order valence-corrected chi connectivity index (χ3v) is 2.97. The van der Waals surface area contributed by atoms with Gasteiger partial charge in [-0.25, -0.2) is 4.39 Å². The van der Waals surface area contributed by atoms with E-state index in [0.717, 1.165) is 22.2 Å². The number of rotatable bonds is 1. The second-order valence-electron chi connectivity index (χ2n) is 4.25. The summed E-state index contributed by atoms with van der Waals surface area (Å²) < 4.78 is 20.9. The first-order valence-electron chi connectivity index (χ1n) is 5.53. The van der Waals surface area contributed by atoms with Crippen LogP contribution in [0.3, 0.4) is 0 Å². The van der Waals surface area contributed by atoms with Crippen LogP contribution >= 0.6 is 0 Å². The zero-order valence-corrected chi connectivity index (χ0v) is 9.70. The Morgan fingerprint density at radius 1 is 1.41 bits per heavy atom. The van der Waals surface area contributed by atoms with Gasteiger partial charge in [0.25, 0.3) is 0 Å². The second-order valence-corrected chi connectivity index (χ2v) is 4.25. The Kier molecular flexibility index (Phi) is 2.11. The molecule has 1 aromatic heterocycles. The van der Waals surface area contributed by atoms with Gasteiger partial charge in [-0.3, -0.25) is 0 Å². The fourth-order valence-corrected chi connectivity index (χ4v) is 2.15. The predicted molar refractivity (Wildman–Crippen MR) is 64.5 cm³/mol. The molecule has 3 nitrogen and oxygen atoms in total. The highest BCUT2D eigenvalue weighted by molar-refractivity contribution is 5.92. The average Bonchev–Trinajstić information content (AvgIpc) is 2.83. The number of aryl methyl sites for hydroxylation is 1. The Morgan fingerprint density at radius 2 is 2.24 bits per heavy atom. The fraction of sp³-hybridized carbons (Fsp3) is 0.231. The normalized spacial score (nSPS) is 19.0. The van der Waals surface area contributed by atoms with Gasteiger partial charge in [-0.05, 0) is 25.1 Å². The van der Waals surface area contributed by atoms with Crippen molar-refractivity contribution >= 4 is 16.7 Å². The highest BCUT2D eigenvalue weighted by atomic mass is 19.1. The molecule has 0 fully saturated rings. The smallest absolute Gasteiger partial charge is 0.166 e. The average molecular weight is 232 g/mol. The van der Waals surface area contributed by atoms with Gasteiger partial charge in [0.15, 0.2) is 6.23 Å². The lowest BCUT2D eigenvalue weighted by atomic mass is 10.1. The molecule has 1 atom stereocenters. The van der Waals surface area contributed by atoms with Gasteiger partial charge < -0.3 is 14.6 Å². The van der Waals surface area contributed by atoms with Crippen molar-refractivity contribution < 1.29 is 9.13 Å². The minimum atomic E-state index is -0.232. The largest absolute Gasteiger partial charge is 0.469 e. The van der Waals surface area contributed by atoms with Crippen LogP contribution in [0, 0.1) is 5.82 Å². The van der Waals surface area contributed by atoms with Crippen LogP contribution in [0.25, 0.3) is 16.7 Å². The number of halogens is 1. The molecule has 1 N–H and O–H groups in total. The van der Waals surface area contributed by atoms with Crippen molar-refractivity contribution in [3.05, 3.63) is 42.0 Å². The molecule has 3 rings (SSSR count). The molecule has 1 unspecified atom stereocenters. The molecule has 0 amide bonds. The van der Waals surface area contributed by atoms with Crippen LogP contribution in [-0.4, -0.2) is 10.8 Å². The standard InChI is InChI=1S/C13H13FN2O/c1-8-15-6-13(17-8)11-7-16(2)12-4-3-9(14)5-10(11)12/h3-8,15H,1-2H3. The number of aromatic nitrogens is 1. The molecule has 0 bridgehead atoms. The fourth-order valence-electron chi connectivity index (χ4n) is 2.15. The summed E-state index contributed by atoms with van der Waals surface area (Å²) in [6.45, 7) is 1.93. The lowest BCUT2D eigenvalue weighted by Gasteiger charge is -2.06. The molecule has 1 aliphatic rings. The van der Waals surface area contributed by atoms with Gasteiger partial charge >= 0.3 is 0 Å². The van der Waals surface area contributed by atoms with Gasteiger partial charge in [-0.1, -0.05) is 0 Å².